The van der Waals surface area contributed by atoms with E-state index >= 15 is 0 Å². The molecule has 0 aliphatic heterocycles. The summed E-state index contributed by atoms with van der Waals surface area (Å²) in [5.74, 6) is -0.239. The summed E-state index contributed by atoms with van der Waals surface area (Å²) < 4.78 is 14.2. The second-order valence-electron chi connectivity index (χ2n) is 4.18. The molecule has 0 spiro atoms. The first-order valence-electron chi connectivity index (χ1n) is 5.83. The Kier molecular flexibility index (Phi) is 4.91. The largest absolute Gasteiger partial charge is 0.311 e. The van der Waals surface area contributed by atoms with Crippen LogP contribution in [0.15, 0.2) is 41.0 Å². The van der Waals surface area contributed by atoms with Crippen LogP contribution in [0.25, 0.3) is 0 Å². The van der Waals surface area contributed by atoms with Crippen molar-refractivity contribution in [3.8, 4) is 0 Å². The molecule has 0 bridgehead atoms. The molecule has 100 valence electrons. The molecule has 0 saturated carbocycles. The number of benzene rings is 1. The third kappa shape index (κ3) is 3.75. The zero-order chi connectivity index (χ0) is 13.8. The third-order valence-electron chi connectivity index (χ3n) is 2.89. The molecule has 1 heterocycles. The van der Waals surface area contributed by atoms with Crippen LogP contribution in [0, 0.1) is 5.82 Å². The van der Waals surface area contributed by atoms with Crippen molar-refractivity contribution in [3.05, 3.63) is 63.1 Å². The SMILES string of the molecule is CNC(Cc1cc(F)ccc1Br)c1ccc(Cl)cn1. The maximum Gasteiger partial charge on any atom is 0.123 e. The second kappa shape index (κ2) is 6.46. The molecule has 1 unspecified atom stereocenters. The molecule has 0 aliphatic carbocycles. The minimum atomic E-state index is -0.239. The maximum atomic E-state index is 13.3. The highest BCUT2D eigenvalue weighted by Gasteiger charge is 2.13. The van der Waals surface area contributed by atoms with Gasteiger partial charge in [-0.3, -0.25) is 4.98 Å². The Hall–Kier alpha value is -0.970. The summed E-state index contributed by atoms with van der Waals surface area (Å²) in [6.45, 7) is 0. The van der Waals surface area contributed by atoms with Crippen molar-refractivity contribution in [2.24, 2.45) is 0 Å². The zero-order valence-electron chi connectivity index (χ0n) is 10.3. The molecule has 1 N–H and O–H groups in total. The second-order valence-corrected chi connectivity index (χ2v) is 5.47. The highest BCUT2D eigenvalue weighted by atomic mass is 79.9. The summed E-state index contributed by atoms with van der Waals surface area (Å²) in [7, 11) is 1.86. The lowest BCUT2D eigenvalue weighted by Gasteiger charge is -2.16. The monoisotopic (exact) mass is 342 g/mol. The molecule has 2 aromatic rings. The molecule has 5 heteroatoms. The van der Waals surface area contributed by atoms with Gasteiger partial charge in [0.25, 0.3) is 0 Å². The number of pyridine rings is 1. The Balaban J connectivity index is 2.23. The fourth-order valence-electron chi connectivity index (χ4n) is 1.87. The molecule has 0 aliphatic rings. The number of hydrogen-bond acceptors (Lipinski definition) is 2. The van der Waals surface area contributed by atoms with Gasteiger partial charge in [0, 0.05) is 10.7 Å². The molecule has 0 radical (unpaired) electrons. The first-order valence-corrected chi connectivity index (χ1v) is 7.00. The van der Waals surface area contributed by atoms with Crippen LogP contribution in [0.5, 0.6) is 0 Å². The van der Waals surface area contributed by atoms with Gasteiger partial charge in [-0.2, -0.15) is 0 Å². The topological polar surface area (TPSA) is 24.9 Å². The summed E-state index contributed by atoms with van der Waals surface area (Å²) in [4.78, 5) is 4.29. The molecule has 1 aromatic heterocycles. The summed E-state index contributed by atoms with van der Waals surface area (Å²) >= 11 is 9.26. The average Bonchev–Trinajstić information content (AvgIpc) is 2.41. The van der Waals surface area contributed by atoms with Gasteiger partial charge in [-0.15, -0.1) is 0 Å². The van der Waals surface area contributed by atoms with E-state index in [4.69, 9.17) is 11.6 Å². The van der Waals surface area contributed by atoms with Crippen LogP contribution in [0.2, 0.25) is 5.02 Å². The first-order chi connectivity index (χ1) is 9.10. The van der Waals surface area contributed by atoms with Crippen LogP contribution in [-0.4, -0.2) is 12.0 Å². The van der Waals surface area contributed by atoms with Crippen LogP contribution < -0.4 is 5.32 Å². The fourth-order valence-corrected chi connectivity index (χ4v) is 2.39. The molecule has 1 aromatic carbocycles. The van der Waals surface area contributed by atoms with Crippen molar-refractivity contribution in [2.45, 2.75) is 12.5 Å². The Morgan fingerprint density at radius 1 is 1.37 bits per heavy atom. The minimum Gasteiger partial charge on any atom is -0.311 e. The van der Waals surface area contributed by atoms with E-state index in [1.807, 2.05) is 13.1 Å². The van der Waals surface area contributed by atoms with E-state index in [1.54, 1.807) is 18.3 Å². The highest BCUT2D eigenvalue weighted by Crippen LogP contribution is 2.24. The summed E-state index contributed by atoms with van der Waals surface area (Å²) in [5, 5.41) is 3.79. The van der Waals surface area contributed by atoms with Crippen molar-refractivity contribution < 1.29 is 4.39 Å². The maximum absolute atomic E-state index is 13.3. The lowest BCUT2D eigenvalue weighted by molar-refractivity contribution is 0.569. The van der Waals surface area contributed by atoms with Crippen molar-refractivity contribution in [1.82, 2.24) is 10.3 Å². The predicted molar refractivity (Wildman–Crippen MR) is 78.9 cm³/mol. The van der Waals surface area contributed by atoms with Crippen LogP contribution in [0.1, 0.15) is 17.3 Å². The molecule has 1 atom stereocenters. The van der Waals surface area contributed by atoms with Gasteiger partial charge in [-0.05, 0) is 49.4 Å². The van der Waals surface area contributed by atoms with Crippen LogP contribution in [0.3, 0.4) is 0 Å². The lowest BCUT2D eigenvalue weighted by atomic mass is 10.0. The van der Waals surface area contributed by atoms with E-state index in [1.165, 1.54) is 12.1 Å². The van der Waals surface area contributed by atoms with Crippen molar-refractivity contribution in [3.63, 3.8) is 0 Å². The van der Waals surface area contributed by atoms with E-state index in [0.29, 0.717) is 11.4 Å². The molecular formula is C14H13BrClFN2. The van der Waals surface area contributed by atoms with Gasteiger partial charge in [0.2, 0.25) is 0 Å². The number of likely N-dealkylation sites (N-methyl/N-ethyl adjacent to an activating group) is 1. The lowest BCUT2D eigenvalue weighted by Crippen LogP contribution is -2.20. The average molecular weight is 344 g/mol. The Morgan fingerprint density at radius 3 is 2.79 bits per heavy atom. The summed E-state index contributed by atoms with van der Waals surface area (Å²) in [6, 6.07) is 8.36. The fraction of sp³-hybridized carbons (Fsp3) is 0.214. The van der Waals surface area contributed by atoms with E-state index in [-0.39, 0.29) is 11.9 Å². The van der Waals surface area contributed by atoms with E-state index < -0.39 is 0 Å². The number of nitrogens with one attached hydrogen (secondary N) is 1. The van der Waals surface area contributed by atoms with E-state index in [2.05, 4.69) is 26.2 Å². The number of rotatable bonds is 4. The Morgan fingerprint density at radius 2 is 2.16 bits per heavy atom. The quantitative estimate of drug-likeness (QED) is 0.902. The van der Waals surface area contributed by atoms with Gasteiger partial charge < -0.3 is 5.32 Å². The van der Waals surface area contributed by atoms with Crippen molar-refractivity contribution in [2.75, 3.05) is 7.05 Å². The molecule has 0 amide bonds. The molecule has 0 saturated heterocycles. The molecule has 2 rings (SSSR count). The number of hydrogen-bond donors (Lipinski definition) is 1. The van der Waals surface area contributed by atoms with Gasteiger partial charge in [0.1, 0.15) is 5.82 Å². The highest BCUT2D eigenvalue weighted by molar-refractivity contribution is 9.10. The number of aromatic nitrogens is 1. The van der Waals surface area contributed by atoms with Crippen LogP contribution >= 0.6 is 27.5 Å². The predicted octanol–water partition coefficient (Wildman–Crippen LogP) is 4.14. The Labute approximate surface area is 125 Å². The van der Waals surface area contributed by atoms with Gasteiger partial charge in [-0.25, -0.2) is 4.39 Å². The van der Waals surface area contributed by atoms with Crippen molar-refractivity contribution >= 4 is 27.5 Å². The van der Waals surface area contributed by atoms with Crippen LogP contribution in [0.4, 0.5) is 4.39 Å². The van der Waals surface area contributed by atoms with Crippen LogP contribution in [-0.2, 0) is 6.42 Å². The molecule has 2 nitrogen and oxygen atoms in total. The minimum absolute atomic E-state index is 0.00960. The number of nitrogens with zero attached hydrogens (tertiary/aromatic N) is 1. The normalized spacial score (nSPS) is 12.4. The summed E-state index contributed by atoms with van der Waals surface area (Å²) in [6.07, 6.45) is 2.26. The third-order valence-corrected chi connectivity index (χ3v) is 3.88. The van der Waals surface area contributed by atoms with Gasteiger partial charge in [-0.1, -0.05) is 27.5 Å². The first kappa shape index (κ1) is 14.4. The zero-order valence-corrected chi connectivity index (χ0v) is 12.7. The van der Waals surface area contributed by atoms with Gasteiger partial charge >= 0.3 is 0 Å². The van der Waals surface area contributed by atoms with E-state index in [0.717, 1.165) is 15.7 Å². The van der Waals surface area contributed by atoms with Crippen molar-refractivity contribution in [1.29, 1.82) is 0 Å². The molecule has 19 heavy (non-hydrogen) atoms. The van der Waals surface area contributed by atoms with E-state index in [9.17, 15) is 4.39 Å². The molecule has 0 fully saturated rings. The van der Waals surface area contributed by atoms with Gasteiger partial charge in [0.05, 0.1) is 16.8 Å². The number of halogens is 3. The Bertz CT molecular complexity index is 560. The summed E-state index contributed by atoms with van der Waals surface area (Å²) in [5.41, 5.74) is 1.78. The smallest absolute Gasteiger partial charge is 0.123 e. The standard InChI is InChI=1S/C14H13BrClFN2/c1-18-14(13-5-2-10(16)8-19-13)7-9-6-11(17)3-4-12(9)15/h2-6,8,14,18H,7H2,1H3. The van der Waals surface area contributed by atoms with Gasteiger partial charge in [0.15, 0.2) is 0 Å². The molecular weight excluding hydrogens is 331 g/mol.